The van der Waals surface area contributed by atoms with Crippen molar-refractivity contribution in [1.82, 2.24) is 0 Å². The summed E-state index contributed by atoms with van der Waals surface area (Å²) in [6.07, 6.45) is 8.40. The van der Waals surface area contributed by atoms with Gasteiger partial charge in [0.05, 0.1) is 34.6 Å². The number of thiophene rings is 2. The molecule has 218 valence electrons. The highest BCUT2D eigenvalue weighted by atomic mass is 32.1. The van der Waals surface area contributed by atoms with Gasteiger partial charge in [0.25, 0.3) is 0 Å². The molecule has 0 saturated heterocycles. The number of ether oxygens (including phenoxy) is 2. The Hall–Kier alpha value is -2.98. The van der Waals surface area contributed by atoms with Crippen LogP contribution in [0.5, 0.6) is 0 Å². The van der Waals surface area contributed by atoms with Crippen LogP contribution in [0.25, 0.3) is 0 Å². The molecular formula is C31H34O8S2. The average molecular weight is 599 g/mol. The number of Topliss-reactive ketones (excluding diaryl/α,β-unsaturated/α-hetero) is 4. The van der Waals surface area contributed by atoms with Crippen molar-refractivity contribution >= 4 is 57.7 Å². The van der Waals surface area contributed by atoms with Crippen molar-refractivity contribution in [1.29, 1.82) is 0 Å². The van der Waals surface area contributed by atoms with Gasteiger partial charge < -0.3 is 9.47 Å². The molecule has 2 saturated carbocycles. The Morgan fingerprint density at radius 1 is 0.707 bits per heavy atom. The normalized spacial score (nSPS) is 17.6. The first-order valence-electron chi connectivity index (χ1n) is 14.4. The van der Waals surface area contributed by atoms with Crippen molar-refractivity contribution in [2.75, 3.05) is 13.7 Å². The van der Waals surface area contributed by atoms with E-state index in [1.54, 1.807) is 6.92 Å². The number of carbonyl (C=O) groups is 6. The molecule has 2 fully saturated rings. The smallest absolute Gasteiger partial charge is 0.339 e. The van der Waals surface area contributed by atoms with Crippen LogP contribution in [0.3, 0.4) is 0 Å². The van der Waals surface area contributed by atoms with E-state index in [-0.39, 0.29) is 53.8 Å². The Kier molecular flexibility index (Phi) is 8.99. The van der Waals surface area contributed by atoms with Gasteiger partial charge in [0, 0.05) is 47.3 Å². The summed E-state index contributed by atoms with van der Waals surface area (Å²) in [6, 6.07) is 0. The monoisotopic (exact) mass is 598 g/mol. The zero-order valence-corrected chi connectivity index (χ0v) is 25.1. The average Bonchev–Trinajstić information content (AvgIpc) is 3.88. The highest BCUT2D eigenvalue weighted by Crippen LogP contribution is 2.39. The van der Waals surface area contributed by atoms with Gasteiger partial charge in [-0.3, -0.25) is 19.2 Å². The quantitative estimate of drug-likeness (QED) is 0.345. The van der Waals surface area contributed by atoms with E-state index in [0.29, 0.717) is 45.2 Å². The molecule has 2 aromatic rings. The van der Waals surface area contributed by atoms with Gasteiger partial charge in [-0.1, -0.05) is 0 Å². The molecular weight excluding hydrogens is 564 g/mol. The summed E-state index contributed by atoms with van der Waals surface area (Å²) in [5.41, 5.74) is 2.60. The van der Waals surface area contributed by atoms with E-state index in [1.807, 2.05) is 0 Å². The fourth-order valence-electron chi connectivity index (χ4n) is 5.49. The lowest BCUT2D eigenvalue weighted by molar-refractivity contribution is -0.120. The molecule has 10 heteroatoms. The lowest BCUT2D eigenvalue weighted by atomic mass is 9.93. The van der Waals surface area contributed by atoms with E-state index in [4.69, 9.17) is 9.47 Å². The molecule has 4 aliphatic rings. The topological polar surface area (TPSA) is 121 Å². The summed E-state index contributed by atoms with van der Waals surface area (Å²) in [5, 5.41) is 0. The van der Waals surface area contributed by atoms with Gasteiger partial charge in [0.2, 0.25) is 0 Å². The molecule has 2 heterocycles. The number of hydrogen-bond acceptors (Lipinski definition) is 10. The highest BCUT2D eigenvalue weighted by molar-refractivity contribution is 7.15. The Bertz CT molecular complexity index is 1420. The second-order valence-corrected chi connectivity index (χ2v) is 13.2. The summed E-state index contributed by atoms with van der Waals surface area (Å²) in [4.78, 5) is 75.1. The molecule has 0 bridgehead atoms. The molecule has 8 nitrogen and oxygen atoms in total. The van der Waals surface area contributed by atoms with Gasteiger partial charge in [-0.25, -0.2) is 9.59 Å². The molecule has 0 amide bonds. The number of esters is 2. The van der Waals surface area contributed by atoms with Crippen LogP contribution in [0.1, 0.15) is 119 Å². The molecule has 0 spiro atoms. The van der Waals surface area contributed by atoms with Gasteiger partial charge in [-0.15, -0.1) is 22.7 Å². The first kappa shape index (κ1) is 29.5. The third-order valence-electron chi connectivity index (χ3n) is 7.93. The van der Waals surface area contributed by atoms with Crippen LogP contribution in [-0.2, 0) is 44.7 Å². The summed E-state index contributed by atoms with van der Waals surface area (Å²) in [7, 11) is 1.34. The van der Waals surface area contributed by atoms with Crippen LogP contribution < -0.4 is 0 Å². The van der Waals surface area contributed by atoms with E-state index in [9.17, 15) is 28.8 Å². The van der Waals surface area contributed by atoms with Crippen LogP contribution in [-0.4, -0.2) is 48.8 Å². The lowest BCUT2D eigenvalue weighted by Gasteiger charge is -2.11. The van der Waals surface area contributed by atoms with Crippen molar-refractivity contribution in [2.45, 2.75) is 84.0 Å². The molecule has 6 rings (SSSR count). The standard InChI is InChI=1S/C16H18O4S.C15H16O4S/c1-2-20-16(19)14-10-4-3-5-11(17)15(10)21-13(14)8-12(18)9-6-7-9;1-19-15(18)13-9-3-2-4-10(16)14(9)20-12(13)7-11(17)8-5-6-8/h9H,2-8H2,1H3;8H,2-7H2,1H3. The molecule has 0 atom stereocenters. The van der Waals surface area contributed by atoms with Gasteiger partial charge in [0.1, 0.15) is 11.6 Å². The number of hydrogen-bond donors (Lipinski definition) is 0. The minimum Gasteiger partial charge on any atom is -0.465 e. The lowest BCUT2D eigenvalue weighted by Crippen LogP contribution is -2.14. The number of fused-ring (bicyclic) bond motifs is 2. The first-order valence-corrected chi connectivity index (χ1v) is 16.0. The van der Waals surface area contributed by atoms with E-state index in [2.05, 4.69) is 0 Å². The van der Waals surface area contributed by atoms with Crippen molar-refractivity contribution < 1.29 is 38.2 Å². The van der Waals surface area contributed by atoms with Gasteiger partial charge in [-0.2, -0.15) is 0 Å². The van der Waals surface area contributed by atoms with Crippen LogP contribution in [0.4, 0.5) is 0 Å². The minimum atomic E-state index is -0.421. The van der Waals surface area contributed by atoms with Crippen molar-refractivity contribution in [2.24, 2.45) is 11.8 Å². The van der Waals surface area contributed by atoms with E-state index >= 15 is 0 Å². The summed E-state index contributed by atoms with van der Waals surface area (Å²) in [5.74, 6) is 0.0699. The van der Waals surface area contributed by atoms with Crippen LogP contribution in [0.2, 0.25) is 0 Å². The molecule has 41 heavy (non-hydrogen) atoms. The third kappa shape index (κ3) is 6.43. The van der Waals surface area contributed by atoms with Crippen LogP contribution in [0.15, 0.2) is 0 Å². The largest absolute Gasteiger partial charge is 0.465 e. The Labute approximate surface area is 246 Å². The zero-order valence-electron chi connectivity index (χ0n) is 23.4. The fourth-order valence-corrected chi connectivity index (χ4v) is 8.11. The fraction of sp³-hybridized carbons (Fsp3) is 0.548. The third-order valence-corrected chi connectivity index (χ3v) is 10.5. The Balaban J connectivity index is 0.000000165. The van der Waals surface area contributed by atoms with E-state index in [1.165, 1.54) is 29.8 Å². The Morgan fingerprint density at radius 2 is 1.15 bits per heavy atom. The molecule has 0 aliphatic heterocycles. The summed E-state index contributed by atoms with van der Waals surface area (Å²) >= 11 is 2.64. The van der Waals surface area contributed by atoms with Gasteiger partial charge in [-0.05, 0) is 69.4 Å². The van der Waals surface area contributed by atoms with Crippen LogP contribution >= 0.6 is 22.7 Å². The second-order valence-electron chi connectivity index (χ2n) is 11.0. The van der Waals surface area contributed by atoms with E-state index < -0.39 is 5.97 Å². The van der Waals surface area contributed by atoms with E-state index in [0.717, 1.165) is 67.4 Å². The predicted molar refractivity (Wildman–Crippen MR) is 153 cm³/mol. The summed E-state index contributed by atoms with van der Waals surface area (Å²) < 4.78 is 9.97. The highest BCUT2D eigenvalue weighted by Gasteiger charge is 2.36. The molecule has 4 aliphatic carbocycles. The predicted octanol–water partition coefficient (Wildman–Crippen LogP) is 5.54. The maximum atomic E-state index is 12.2. The Morgan fingerprint density at radius 3 is 1.54 bits per heavy atom. The molecule has 0 N–H and O–H groups in total. The minimum absolute atomic E-state index is 0.0894. The van der Waals surface area contributed by atoms with Crippen LogP contribution in [0, 0.1) is 11.8 Å². The number of methoxy groups -OCH3 is 1. The summed E-state index contributed by atoms with van der Waals surface area (Å²) in [6.45, 7) is 2.06. The number of carbonyl (C=O) groups excluding carboxylic acids is 6. The van der Waals surface area contributed by atoms with Crippen molar-refractivity contribution in [3.05, 3.63) is 41.8 Å². The number of ketones is 4. The van der Waals surface area contributed by atoms with Gasteiger partial charge in [0.15, 0.2) is 11.6 Å². The molecule has 2 aromatic heterocycles. The maximum absolute atomic E-state index is 12.2. The maximum Gasteiger partial charge on any atom is 0.339 e. The molecule has 0 radical (unpaired) electrons. The first-order chi connectivity index (χ1) is 19.7. The van der Waals surface area contributed by atoms with Crippen molar-refractivity contribution in [3.63, 3.8) is 0 Å². The second kappa shape index (κ2) is 12.5. The molecule has 0 aromatic carbocycles. The van der Waals surface area contributed by atoms with Crippen molar-refractivity contribution in [3.8, 4) is 0 Å². The molecule has 0 unspecified atom stereocenters. The zero-order chi connectivity index (χ0) is 29.3. The van der Waals surface area contributed by atoms with Gasteiger partial charge >= 0.3 is 11.9 Å². The SMILES string of the molecule is CCOC(=O)c1c(CC(=O)C2CC2)sc2c1CCCC2=O.COC(=O)c1c(CC(=O)C2CC2)sc2c1CCCC2=O. The number of rotatable bonds is 9.